The summed E-state index contributed by atoms with van der Waals surface area (Å²) in [7, 11) is 0. The molecule has 214 valence electrons. The number of anilines is 1. The number of amides is 2. The van der Waals surface area contributed by atoms with E-state index in [2.05, 4.69) is 37.6 Å². The molecule has 0 radical (unpaired) electrons. The van der Waals surface area contributed by atoms with Gasteiger partial charge in [0.2, 0.25) is 0 Å². The van der Waals surface area contributed by atoms with Gasteiger partial charge in [0.15, 0.2) is 5.96 Å². The van der Waals surface area contributed by atoms with Crippen LogP contribution in [0.5, 0.6) is 0 Å². The summed E-state index contributed by atoms with van der Waals surface area (Å²) >= 11 is 0. The fourth-order valence-corrected chi connectivity index (χ4v) is 4.97. The normalized spacial score (nSPS) is 13.7. The zero-order valence-corrected chi connectivity index (χ0v) is 22.8. The molecule has 42 heavy (non-hydrogen) atoms. The first kappa shape index (κ1) is 28.0. The average Bonchev–Trinajstić information content (AvgIpc) is 3.61. The zero-order valence-electron chi connectivity index (χ0n) is 22.8. The molecule has 0 unspecified atom stereocenters. The van der Waals surface area contributed by atoms with E-state index in [1.54, 1.807) is 24.3 Å². The predicted molar refractivity (Wildman–Crippen MR) is 154 cm³/mol. The Morgan fingerprint density at radius 3 is 2.83 bits per heavy atom. The molecular formula is C29H29N9O4. The third kappa shape index (κ3) is 5.80. The van der Waals surface area contributed by atoms with Gasteiger partial charge >= 0.3 is 5.97 Å². The standard InChI is InChI=1S/C29H29N9O4/c1-3-11-42-27(41)20-7-8-21-19(16(20)2)9-10-22(21)36-26(40)24-13-23(37-29-33-15-34-38(24)29)25(39)32-14-17-5-4-6-18(12-17)35-28(30)31/h3-8,12-13,15,22H,1,9-11,14H2,2H3,(H,32,39)(H,36,40)(H4,30,31,35)/t22-/m0/s1. The van der Waals surface area contributed by atoms with E-state index in [0.717, 1.165) is 22.3 Å². The minimum atomic E-state index is -0.503. The Balaban J connectivity index is 1.33. The molecule has 4 aromatic rings. The molecule has 1 atom stereocenters. The number of hydrogen-bond acceptors (Lipinski definition) is 8. The fraction of sp³-hybridized carbons (Fsp3) is 0.207. The number of rotatable bonds is 9. The first-order valence-electron chi connectivity index (χ1n) is 13.2. The molecular weight excluding hydrogens is 538 g/mol. The lowest BCUT2D eigenvalue weighted by atomic mass is 9.98. The van der Waals surface area contributed by atoms with E-state index >= 15 is 0 Å². The number of ether oxygens (including phenoxy) is 1. The van der Waals surface area contributed by atoms with Gasteiger partial charge in [0.05, 0.1) is 11.6 Å². The van der Waals surface area contributed by atoms with Crippen molar-refractivity contribution in [2.45, 2.75) is 32.4 Å². The van der Waals surface area contributed by atoms with Crippen molar-refractivity contribution in [1.82, 2.24) is 30.2 Å². The summed E-state index contributed by atoms with van der Waals surface area (Å²) in [6, 6.07) is 11.7. The molecule has 0 spiro atoms. The lowest BCUT2D eigenvalue weighted by Gasteiger charge is -2.16. The molecule has 2 aromatic carbocycles. The summed E-state index contributed by atoms with van der Waals surface area (Å²) in [5.74, 6) is -1.46. The van der Waals surface area contributed by atoms with Crippen LogP contribution in [0.4, 0.5) is 5.69 Å². The second-order valence-corrected chi connectivity index (χ2v) is 9.68. The van der Waals surface area contributed by atoms with Gasteiger partial charge in [-0.05, 0) is 60.2 Å². The average molecular weight is 568 g/mol. The Kier molecular flexibility index (Phi) is 7.91. The number of esters is 1. The smallest absolute Gasteiger partial charge is 0.338 e. The maximum Gasteiger partial charge on any atom is 0.338 e. The zero-order chi connectivity index (χ0) is 29.8. The van der Waals surface area contributed by atoms with Crippen molar-refractivity contribution in [3.63, 3.8) is 0 Å². The van der Waals surface area contributed by atoms with Crippen molar-refractivity contribution in [3.05, 3.63) is 101 Å². The number of aromatic nitrogens is 4. The van der Waals surface area contributed by atoms with E-state index in [9.17, 15) is 14.4 Å². The van der Waals surface area contributed by atoms with Crippen LogP contribution in [-0.2, 0) is 17.7 Å². The van der Waals surface area contributed by atoms with Gasteiger partial charge in [-0.2, -0.15) is 14.6 Å². The number of carbonyl (C=O) groups excluding carboxylic acids is 3. The van der Waals surface area contributed by atoms with Gasteiger partial charge in [-0.15, -0.1) is 0 Å². The van der Waals surface area contributed by atoms with Crippen LogP contribution < -0.4 is 21.7 Å². The molecule has 0 saturated carbocycles. The van der Waals surface area contributed by atoms with Gasteiger partial charge < -0.3 is 26.4 Å². The largest absolute Gasteiger partial charge is 0.458 e. The van der Waals surface area contributed by atoms with Gasteiger partial charge in [-0.1, -0.05) is 30.9 Å². The summed E-state index contributed by atoms with van der Waals surface area (Å²) < 4.78 is 6.48. The van der Waals surface area contributed by atoms with E-state index in [1.165, 1.54) is 23.0 Å². The molecule has 2 heterocycles. The molecule has 0 aliphatic heterocycles. The molecule has 0 fully saturated rings. The first-order chi connectivity index (χ1) is 20.2. The van der Waals surface area contributed by atoms with Crippen LogP contribution in [0.1, 0.15) is 66.1 Å². The third-order valence-electron chi connectivity index (χ3n) is 6.93. The van der Waals surface area contributed by atoms with Crippen LogP contribution in [0, 0.1) is 12.3 Å². The van der Waals surface area contributed by atoms with Crippen LogP contribution in [0.3, 0.4) is 0 Å². The van der Waals surface area contributed by atoms with Gasteiger partial charge in [-0.3, -0.25) is 15.0 Å². The van der Waals surface area contributed by atoms with E-state index in [-0.39, 0.29) is 42.3 Å². The van der Waals surface area contributed by atoms with Crippen LogP contribution >= 0.6 is 0 Å². The summed E-state index contributed by atoms with van der Waals surface area (Å²) in [5, 5.41) is 20.0. The first-order valence-corrected chi connectivity index (χ1v) is 13.2. The minimum Gasteiger partial charge on any atom is -0.458 e. The van der Waals surface area contributed by atoms with Gasteiger partial charge in [0.1, 0.15) is 24.3 Å². The maximum atomic E-state index is 13.5. The quantitative estimate of drug-likeness (QED) is 0.0875. The summed E-state index contributed by atoms with van der Waals surface area (Å²) in [5.41, 5.74) is 10.1. The van der Waals surface area contributed by atoms with Crippen molar-refractivity contribution >= 4 is 35.2 Å². The Labute approximate surface area is 240 Å². The van der Waals surface area contributed by atoms with E-state index in [0.29, 0.717) is 24.1 Å². The van der Waals surface area contributed by atoms with Crippen LogP contribution in [0.15, 0.2) is 61.4 Å². The SMILES string of the molecule is C=CCOC(=O)c1ccc2c(c1C)CC[C@@H]2NC(=O)c1cc(C(=O)NCc2cccc(NC(=N)N)c2)nc2ncnn12. The van der Waals surface area contributed by atoms with Crippen LogP contribution in [0.2, 0.25) is 0 Å². The van der Waals surface area contributed by atoms with E-state index < -0.39 is 17.8 Å². The monoisotopic (exact) mass is 567 g/mol. The number of nitrogens with one attached hydrogen (secondary N) is 4. The summed E-state index contributed by atoms with van der Waals surface area (Å²) in [6.07, 6.45) is 4.10. The molecule has 1 aliphatic carbocycles. The highest BCUT2D eigenvalue weighted by atomic mass is 16.5. The molecule has 2 aromatic heterocycles. The Morgan fingerprint density at radius 2 is 2.05 bits per heavy atom. The number of benzene rings is 2. The third-order valence-corrected chi connectivity index (χ3v) is 6.93. The molecule has 1 aliphatic rings. The highest BCUT2D eigenvalue weighted by molar-refractivity contribution is 5.98. The number of carbonyl (C=O) groups is 3. The van der Waals surface area contributed by atoms with Crippen molar-refractivity contribution < 1.29 is 19.1 Å². The molecule has 13 nitrogen and oxygen atoms in total. The Morgan fingerprint density at radius 1 is 1.21 bits per heavy atom. The molecule has 13 heteroatoms. The van der Waals surface area contributed by atoms with Crippen molar-refractivity contribution in [3.8, 4) is 0 Å². The predicted octanol–water partition coefficient (Wildman–Crippen LogP) is 2.43. The molecule has 0 saturated heterocycles. The number of nitrogens with two attached hydrogens (primary N) is 1. The molecule has 0 bridgehead atoms. The van der Waals surface area contributed by atoms with Gasteiger partial charge in [-0.25, -0.2) is 9.78 Å². The van der Waals surface area contributed by atoms with Crippen LogP contribution in [0.25, 0.3) is 5.78 Å². The molecule has 5 rings (SSSR count). The minimum absolute atomic E-state index is 0.00371. The Bertz CT molecular complexity index is 1730. The highest BCUT2D eigenvalue weighted by Gasteiger charge is 2.29. The number of hydrogen-bond donors (Lipinski definition) is 5. The fourth-order valence-electron chi connectivity index (χ4n) is 4.97. The van der Waals surface area contributed by atoms with Crippen LogP contribution in [-0.4, -0.2) is 49.9 Å². The lowest BCUT2D eigenvalue weighted by Crippen LogP contribution is -2.30. The number of fused-ring (bicyclic) bond motifs is 2. The second-order valence-electron chi connectivity index (χ2n) is 9.68. The van der Waals surface area contributed by atoms with Crippen molar-refractivity contribution in [2.24, 2.45) is 5.73 Å². The van der Waals surface area contributed by atoms with Crippen molar-refractivity contribution in [1.29, 1.82) is 5.41 Å². The highest BCUT2D eigenvalue weighted by Crippen LogP contribution is 2.35. The number of nitrogens with zero attached hydrogens (tertiary/aromatic N) is 4. The topological polar surface area (TPSA) is 189 Å². The summed E-state index contributed by atoms with van der Waals surface area (Å²) in [4.78, 5) is 47.3. The summed E-state index contributed by atoms with van der Waals surface area (Å²) in [6.45, 7) is 5.74. The van der Waals surface area contributed by atoms with E-state index in [1.807, 2.05) is 19.1 Å². The lowest BCUT2D eigenvalue weighted by molar-refractivity contribution is 0.0548. The van der Waals surface area contributed by atoms with Crippen molar-refractivity contribution in [2.75, 3.05) is 11.9 Å². The molecule has 6 N–H and O–H groups in total. The maximum absolute atomic E-state index is 13.5. The Hall–Kier alpha value is -5.59. The molecule has 2 amide bonds. The van der Waals surface area contributed by atoms with E-state index in [4.69, 9.17) is 15.9 Å². The van der Waals surface area contributed by atoms with Gasteiger partial charge in [0.25, 0.3) is 17.6 Å². The van der Waals surface area contributed by atoms with Gasteiger partial charge in [0, 0.05) is 18.3 Å². The number of guanidine groups is 1. The second kappa shape index (κ2) is 11.9.